The zero-order valence-corrected chi connectivity index (χ0v) is 17.5. The molecule has 0 spiro atoms. The molecule has 4 rings (SSSR count). The molecular formula is C28H27NO2. The van der Waals surface area contributed by atoms with Gasteiger partial charge in [-0.25, -0.2) is 0 Å². The van der Waals surface area contributed by atoms with Crippen molar-refractivity contribution in [1.82, 2.24) is 0 Å². The van der Waals surface area contributed by atoms with Gasteiger partial charge in [0.25, 0.3) is 0 Å². The third-order valence-corrected chi connectivity index (χ3v) is 5.06. The molecule has 0 aliphatic heterocycles. The normalized spacial score (nSPS) is 10.5. The van der Waals surface area contributed by atoms with Crippen LogP contribution in [0.4, 0.5) is 5.69 Å². The minimum atomic E-state index is 0.540. The molecule has 31 heavy (non-hydrogen) atoms. The van der Waals surface area contributed by atoms with Crippen LogP contribution in [0.5, 0.6) is 11.5 Å². The molecule has 0 aliphatic carbocycles. The highest BCUT2D eigenvalue weighted by Gasteiger charge is 2.07. The summed E-state index contributed by atoms with van der Waals surface area (Å²) < 4.78 is 12.2. The summed E-state index contributed by atoms with van der Waals surface area (Å²) in [5.74, 6) is 1.75. The maximum Gasteiger partial charge on any atom is 0.142 e. The predicted octanol–water partition coefficient (Wildman–Crippen LogP) is 6.50. The van der Waals surface area contributed by atoms with Crippen LogP contribution in [0.1, 0.15) is 16.7 Å². The van der Waals surface area contributed by atoms with Gasteiger partial charge < -0.3 is 14.8 Å². The highest BCUT2D eigenvalue weighted by atomic mass is 16.5. The minimum absolute atomic E-state index is 0.540. The van der Waals surface area contributed by atoms with Crippen LogP contribution in [0.2, 0.25) is 0 Å². The number of rotatable bonds is 10. The van der Waals surface area contributed by atoms with Crippen LogP contribution in [0.25, 0.3) is 0 Å². The molecule has 0 unspecified atom stereocenters. The highest BCUT2D eigenvalue weighted by Crippen LogP contribution is 2.27. The fraction of sp³-hybridized carbons (Fsp3) is 0.143. The molecule has 4 aromatic carbocycles. The Hall–Kier alpha value is -3.72. The summed E-state index contributed by atoms with van der Waals surface area (Å²) in [6.45, 7) is 1.85. The average Bonchev–Trinajstić information content (AvgIpc) is 2.84. The molecule has 3 nitrogen and oxygen atoms in total. The van der Waals surface area contributed by atoms with Gasteiger partial charge in [-0.05, 0) is 29.3 Å². The van der Waals surface area contributed by atoms with Gasteiger partial charge in [-0.15, -0.1) is 0 Å². The number of hydrogen-bond donors (Lipinski definition) is 1. The standard InChI is InChI=1S/C28H27NO2/c1-3-11-23(12-4-1)19-20-30-27-17-9-7-15-25(27)21-29-26-16-8-10-18-28(26)31-22-24-13-5-2-6-14-24/h1-18,29H,19-22H2. The van der Waals surface area contributed by atoms with Crippen molar-refractivity contribution in [2.24, 2.45) is 0 Å². The number of anilines is 1. The lowest BCUT2D eigenvalue weighted by Gasteiger charge is -2.15. The fourth-order valence-corrected chi connectivity index (χ4v) is 3.38. The number of para-hydroxylation sites is 3. The van der Waals surface area contributed by atoms with Crippen LogP contribution < -0.4 is 14.8 Å². The Kier molecular flexibility index (Phi) is 7.22. The molecule has 0 heterocycles. The van der Waals surface area contributed by atoms with E-state index in [1.54, 1.807) is 0 Å². The van der Waals surface area contributed by atoms with Crippen molar-refractivity contribution in [3.05, 3.63) is 126 Å². The lowest BCUT2D eigenvalue weighted by Crippen LogP contribution is -2.07. The van der Waals surface area contributed by atoms with Crippen LogP contribution in [0.3, 0.4) is 0 Å². The second kappa shape index (κ2) is 10.9. The molecular weight excluding hydrogens is 382 g/mol. The Morgan fingerprint density at radius 2 is 1.16 bits per heavy atom. The van der Waals surface area contributed by atoms with E-state index < -0.39 is 0 Å². The van der Waals surface area contributed by atoms with E-state index >= 15 is 0 Å². The van der Waals surface area contributed by atoms with E-state index in [0.717, 1.165) is 34.7 Å². The quantitative estimate of drug-likeness (QED) is 0.324. The molecule has 0 aliphatic rings. The third kappa shape index (κ3) is 6.13. The summed E-state index contributed by atoms with van der Waals surface area (Å²) >= 11 is 0. The Morgan fingerprint density at radius 3 is 1.94 bits per heavy atom. The molecule has 0 saturated carbocycles. The summed E-state index contributed by atoms with van der Waals surface area (Å²) in [6.07, 6.45) is 0.888. The minimum Gasteiger partial charge on any atom is -0.493 e. The first-order valence-corrected chi connectivity index (χ1v) is 10.6. The number of hydrogen-bond acceptors (Lipinski definition) is 3. The molecule has 1 N–H and O–H groups in total. The van der Waals surface area contributed by atoms with Gasteiger partial charge in [-0.3, -0.25) is 0 Å². The molecule has 0 radical (unpaired) electrons. The average molecular weight is 410 g/mol. The Labute approximate surface area is 184 Å². The van der Waals surface area contributed by atoms with Gasteiger partial charge in [0.15, 0.2) is 0 Å². The highest BCUT2D eigenvalue weighted by molar-refractivity contribution is 5.56. The van der Waals surface area contributed by atoms with Gasteiger partial charge in [-0.2, -0.15) is 0 Å². The van der Waals surface area contributed by atoms with Crippen LogP contribution in [-0.4, -0.2) is 6.61 Å². The monoisotopic (exact) mass is 409 g/mol. The van der Waals surface area contributed by atoms with Gasteiger partial charge >= 0.3 is 0 Å². The number of nitrogens with one attached hydrogen (secondary N) is 1. The molecule has 3 heteroatoms. The predicted molar refractivity (Wildman–Crippen MR) is 127 cm³/mol. The summed E-state index contributed by atoms with van der Waals surface area (Å²) in [5.41, 5.74) is 4.52. The van der Waals surface area contributed by atoms with Gasteiger partial charge in [0.1, 0.15) is 18.1 Å². The van der Waals surface area contributed by atoms with Crippen molar-refractivity contribution >= 4 is 5.69 Å². The molecule has 0 amide bonds. The largest absolute Gasteiger partial charge is 0.493 e. The summed E-state index contributed by atoms with van der Waals surface area (Å²) in [4.78, 5) is 0. The first-order chi connectivity index (χ1) is 15.4. The zero-order chi connectivity index (χ0) is 21.1. The Bertz CT molecular complexity index is 1060. The SMILES string of the molecule is c1ccc(CCOc2ccccc2CNc2ccccc2OCc2ccccc2)cc1. The molecule has 4 aromatic rings. The molecule has 156 valence electrons. The summed E-state index contributed by atoms with van der Waals surface area (Å²) in [6, 6.07) is 36.8. The van der Waals surface area contributed by atoms with Crippen LogP contribution in [0, 0.1) is 0 Å². The van der Waals surface area contributed by atoms with Crippen molar-refractivity contribution in [3.63, 3.8) is 0 Å². The van der Waals surface area contributed by atoms with E-state index in [0.29, 0.717) is 19.8 Å². The van der Waals surface area contributed by atoms with E-state index in [2.05, 4.69) is 47.8 Å². The van der Waals surface area contributed by atoms with E-state index in [-0.39, 0.29) is 0 Å². The fourth-order valence-electron chi connectivity index (χ4n) is 3.38. The smallest absolute Gasteiger partial charge is 0.142 e. The van der Waals surface area contributed by atoms with Gasteiger partial charge in [0, 0.05) is 18.5 Å². The first-order valence-electron chi connectivity index (χ1n) is 10.6. The third-order valence-electron chi connectivity index (χ3n) is 5.06. The maximum absolute atomic E-state index is 6.09. The van der Waals surface area contributed by atoms with Crippen LogP contribution in [0.15, 0.2) is 109 Å². The van der Waals surface area contributed by atoms with Gasteiger partial charge in [0.2, 0.25) is 0 Å². The van der Waals surface area contributed by atoms with E-state index in [1.807, 2.05) is 66.7 Å². The molecule has 0 fully saturated rings. The summed E-state index contributed by atoms with van der Waals surface area (Å²) in [7, 11) is 0. The van der Waals surface area contributed by atoms with Crippen LogP contribution >= 0.6 is 0 Å². The van der Waals surface area contributed by atoms with Crippen molar-refractivity contribution in [2.75, 3.05) is 11.9 Å². The lowest BCUT2D eigenvalue weighted by molar-refractivity contribution is 0.307. The second-order valence-corrected chi connectivity index (χ2v) is 7.32. The molecule has 0 atom stereocenters. The van der Waals surface area contributed by atoms with Crippen LogP contribution in [-0.2, 0) is 19.6 Å². The number of benzene rings is 4. The molecule has 0 aromatic heterocycles. The Balaban J connectivity index is 1.36. The van der Waals surface area contributed by atoms with E-state index in [4.69, 9.17) is 9.47 Å². The Morgan fingerprint density at radius 1 is 0.548 bits per heavy atom. The van der Waals surface area contributed by atoms with Crippen molar-refractivity contribution < 1.29 is 9.47 Å². The van der Waals surface area contributed by atoms with Crippen molar-refractivity contribution in [2.45, 2.75) is 19.6 Å². The lowest BCUT2D eigenvalue weighted by atomic mass is 10.1. The topological polar surface area (TPSA) is 30.5 Å². The van der Waals surface area contributed by atoms with Gasteiger partial charge in [-0.1, -0.05) is 91.0 Å². The van der Waals surface area contributed by atoms with Gasteiger partial charge in [0.05, 0.1) is 12.3 Å². The summed E-state index contributed by atoms with van der Waals surface area (Å²) in [5, 5.41) is 3.51. The first kappa shape index (κ1) is 20.5. The number of ether oxygens (including phenoxy) is 2. The van der Waals surface area contributed by atoms with E-state index in [1.165, 1.54) is 5.56 Å². The molecule has 0 bridgehead atoms. The molecule has 0 saturated heterocycles. The maximum atomic E-state index is 6.09. The zero-order valence-electron chi connectivity index (χ0n) is 17.5. The van der Waals surface area contributed by atoms with Crippen molar-refractivity contribution in [1.29, 1.82) is 0 Å². The second-order valence-electron chi connectivity index (χ2n) is 7.32. The van der Waals surface area contributed by atoms with E-state index in [9.17, 15) is 0 Å². The van der Waals surface area contributed by atoms with Crippen molar-refractivity contribution in [3.8, 4) is 11.5 Å².